The van der Waals surface area contributed by atoms with E-state index in [-0.39, 0.29) is 5.91 Å². The maximum Gasteiger partial charge on any atom is 0.243 e. The molecule has 0 atom stereocenters. The SMILES string of the molecule is Cc1ccc(SCC(=O)N2CCN(S(=O)(=O)c3cc(C)ccc3C)CC2)cc1. The first-order valence-corrected chi connectivity index (χ1v) is 11.7. The molecule has 0 saturated carbocycles. The molecule has 1 aliphatic rings. The Bertz CT molecular complexity index is 948. The molecule has 2 aromatic carbocycles. The van der Waals surface area contributed by atoms with Crippen molar-refractivity contribution in [1.82, 2.24) is 9.21 Å². The summed E-state index contributed by atoms with van der Waals surface area (Å²) in [5, 5.41) is 0. The molecule has 0 aromatic heterocycles. The minimum atomic E-state index is -3.53. The Morgan fingerprint density at radius 2 is 1.54 bits per heavy atom. The highest BCUT2D eigenvalue weighted by Gasteiger charge is 2.31. The van der Waals surface area contributed by atoms with Gasteiger partial charge in [-0.25, -0.2) is 8.42 Å². The summed E-state index contributed by atoms with van der Waals surface area (Å²) in [6.07, 6.45) is 0. The molecule has 2 aromatic rings. The van der Waals surface area contributed by atoms with Crippen LogP contribution in [0.5, 0.6) is 0 Å². The van der Waals surface area contributed by atoms with Crippen molar-refractivity contribution in [3.8, 4) is 0 Å². The monoisotopic (exact) mass is 418 g/mol. The fourth-order valence-corrected chi connectivity index (χ4v) is 5.71. The lowest BCUT2D eigenvalue weighted by molar-refractivity contribution is -0.129. The summed E-state index contributed by atoms with van der Waals surface area (Å²) in [6, 6.07) is 13.6. The summed E-state index contributed by atoms with van der Waals surface area (Å²) in [5.74, 6) is 0.418. The number of sulfonamides is 1. The molecule has 3 rings (SSSR count). The largest absolute Gasteiger partial charge is 0.339 e. The van der Waals surface area contributed by atoms with Crippen LogP contribution in [0.2, 0.25) is 0 Å². The maximum atomic E-state index is 13.0. The number of carbonyl (C=O) groups is 1. The van der Waals surface area contributed by atoms with Gasteiger partial charge < -0.3 is 4.90 Å². The second kappa shape index (κ2) is 8.68. The minimum absolute atomic E-state index is 0.0503. The Morgan fingerprint density at radius 3 is 2.18 bits per heavy atom. The molecule has 0 bridgehead atoms. The van der Waals surface area contributed by atoms with Gasteiger partial charge in [-0.05, 0) is 50.1 Å². The zero-order valence-electron chi connectivity index (χ0n) is 16.5. The number of piperazine rings is 1. The first kappa shape index (κ1) is 20.9. The second-order valence-corrected chi connectivity index (χ2v) is 10.1. The fourth-order valence-electron chi connectivity index (χ4n) is 3.17. The smallest absolute Gasteiger partial charge is 0.243 e. The lowest BCUT2D eigenvalue weighted by Gasteiger charge is -2.34. The van der Waals surface area contributed by atoms with Crippen LogP contribution in [0.1, 0.15) is 16.7 Å². The molecule has 0 spiro atoms. The van der Waals surface area contributed by atoms with E-state index >= 15 is 0 Å². The molecule has 1 saturated heterocycles. The normalized spacial score (nSPS) is 15.6. The topological polar surface area (TPSA) is 57.7 Å². The van der Waals surface area contributed by atoms with Crippen LogP contribution in [0.4, 0.5) is 0 Å². The van der Waals surface area contributed by atoms with Crippen molar-refractivity contribution >= 4 is 27.7 Å². The maximum absolute atomic E-state index is 13.0. The Hall–Kier alpha value is -1.83. The standard InChI is InChI=1S/C21H26N2O3S2/c1-16-5-8-19(9-6-16)27-15-21(24)22-10-12-23(13-11-22)28(25,26)20-14-17(2)4-7-18(20)3/h4-9,14H,10-13,15H2,1-3H3. The average molecular weight is 419 g/mol. The molecule has 0 N–H and O–H groups in total. The van der Waals surface area contributed by atoms with Crippen molar-refractivity contribution in [2.75, 3.05) is 31.9 Å². The van der Waals surface area contributed by atoms with Gasteiger partial charge in [0, 0.05) is 31.1 Å². The molecule has 1 amide bonds. The van der Waals surface area contributed by atoms with Crippen molar-refractivity contribution < 1.29 is 13.2 Å². The van der Waals surface area contributed by atoms with E-state index in [1.54, 1.807) is 11.0 Å². The van der Waals surface area contributed by atoms with Gasteiger partial charge in [0.2, 0.25) is 15.9 Å². The number of benzene rings is 2. The summed E-state index contributed by atoms with van der Waals surface area (Å²) < 4.78 is 27.5. The van der Waals surface area contributed by atoms with Crippen LogP contribution in [-0.4, -0.2) is 55.5 Å². The van der Waals surface area contributed by atoms with Gasteiger partial charge in [-0.3, -0.25) is 4.79 Å². The zero-order chi connectivity index (χ0) is 20.3. The number of thioether (sulfide) groups is 1. The van der Waals surface area contributed by atoms with Crippen molar-refractivity contribution in [2.24, 2.45) is 0 Å². The Morgan fingerprint density at radius 1 is 0.929 bits per heavy atom. The molecular formula is C21H26N2O3S2. The van der Waals surface area contributed by atoms with E-state index in [0.29, 0.717) is 36.8 Å². The number of aryl methyl sites for hydroxylation is 3. The van der Waals surface area contributed by atoms with Crippen LogP contribution in [0.25, 0.3) is 0 Å². The molecule has 0 unspecified atom stereocenters. The van der Waals surface area contributed by atoms with Crippen LogP contribution < -0.4 is 0 Å². The lowest BCUT2D eigenvalue weighted by Crippen LogP contribution is -2.51. The van der Waals surface area contributed by atoms with Gasteiger partial charge >= 0.3 is 0 Å². The van der Waals surface area contributed by atoms with Gasteiger partial charge in [-0.1, -0.05) is 29.8 Å². The molecule has 150 valence electrons. The third-order valence-electron chi connectivity index (χ3n) is 4.94. The van der Waals surface area contributed by atoms with Gasteiger partial charge in [0.25, 0.3) is 0 Å². The van der Waals surface area contributed by atoms with Gasteiger partial charge in [-0.2, -0.15) is 4.31 Å². The molecule has 5 nitrogen and oxygen atoms in total. The number of carbonyl (C=O) groups excluding carboxylic acids is 1. The molecule has 1 heterocycles. The molecule has 0 aliphatic carbocycles. The van der Waals surface area contributed by atoms with E-state index in [1.807, 2.05) is 57.2 Å². The lowest BCUT2D eigenvalue weighted by atomic mass is 10.2. The van der Waals surface area contributed by atoms with E-state index in [1.165, 1.54) is 21.6 Å². The van der Waals surface area contributed by atoms with Crippen LogP contribution in [0.3, 0.4) is 0 Å². The highest BCUT2D eigenvalue weighted by atomic mass is 32.2. The number of amides is 1. The quantitative estimate of drug-likeness (QED) is 0.700. The van der Waals surface area contributed by atoms with Crippen molar-refractivity contribution in [3.05, 3.63) is 59.2 Å². The van der Waals surface area contributed by atoms with Crippen LogP contribution in [0.15, 0.2) is 52.3 Å². The Labute approximate surface area is 171 Å². The molecule has 1 aliphatic heterocycles. The minimum Gasteiger partial charge on any atom is -0.339 e. The van der Waals surface area contributed by atoms with Crippen LogP contribution >= 0.6 is 11.8 Å². The van der Waals surface area contributed by atoms with Crippen molar-refractivity contribution in [3.63, 3.8) is 0 Å². The number of rotatable bonds is 5. The van der Waals surface area contributed by atoms with E-state index in [4.69, 9.17) is 0 Å². The first-order chi connectivity index (χ1) is 13.3. The third kappa shape index (κ3) is 4.77. The van der Waals surface area contributed by atoms with Crippen LogP contribution in [-0.2, 0) is 14.8 Å². The summed E-state index contributed by atoms with van der Waals surface area (Å²) in [4.78, 5) is 15.7. The first-order valence-electron chi connectivity index (χ1n) is 9.32. The van der Waals surface area contributed by atoms with E-state index in [0.717, 1.165) is 16.0 Å². The zero-order valence-corrected chi connectivity index (χ0v) is 18.1. The highest BCUT2D eigenvalue weighted by Crippen LogP contribution is 2.23. The van der Waals surface area contributed by atoms with Crippen molar-refractivity contribution in [2.45, 2.75) is 30.6 Å². The summed E-state index contributed by atoms with van der Waals surface area (Å²) in [7, 11) is -3.53. The second-order valence-electron chi connectivity index (χ2n) is 7.16. The molecule has 28 heavy (non-hydrogen) atoms. The predicted octanol–water partition coefficient (Wildman–Crippen LogP) is 3.24. The summed E-state index contributed by atoms with van der Waals surface area (Å²) in [5.41, 5.74) is 2.86. The van der Waals surface area contributed by atoms with Crippen LogP contribution in [0, 0.1) is 20.8 Å². The van der Waals surface area contributed by atoms with E-state index in [2.05, 4.69) is 0 Å². The molecule has 1 fully saturated rings. The molecule has 0 radical (unpaired) electrons. The number of nitrogens with zero attached hydrogens (tertiary/aromatic N) is 2. The average Bonchev–Trinajstić information content (AvgIpc) is 2.69. The highest BCUT2D eigenvalue weighted by molar-refractivity contribution is 8.00. The summed E-state index contributed by atoms with van der Waals surface area (Å²) in [6.45, 7) is 7.25. The molecule has 7 heteroatoms. The van der Waals surface area contributed by atoms with Gasteiger partial charge in [0.15, 0.2) is 0 Å². The fraction of sp³-hybridized carbons (Fsp3) is 0.381. The Balaban J connectivity index is 1.58. The molecular weight excluding hydrogens is 392 g/mol. The van der Waals surface area contributed by atoms with Gasteiger partial charge in [0.05, 0.1) is 10.6 Å². The van der Waals surface area contributed by atoms with Gasteiger partial charge in [-0.15, -0.1) is 11.8 Å². The van der Waals surface area contributed by atoms with Crippen molar-refractivity contribution in [1.29, 1.82) is 0 Å². The number of hydrogen-bond donors (Lipinski definition) is 0. The Kier molecular flexibility index (Phi) is 6.47. The predicted molar refractivity (Wildman–Crippen MR) is 113 cm³/mol. The third-order valence-corrected chi connectivity index (χ3v) is 7.97. The van der Waals surface area contributed by atoms with Gasteiger partial charge in [0.1, 0.15) is 0 Å². The van der Waals surface area contributed by atoms with E-state index < -0.39 is 10.0 Å². The number of hydrogen-bond acceptors (Lipinski definition) is 4. The summed E-state index contributed by atoms with van der Waals surface area (Å²) >= 11 is 1.51. The van der Waals surface area contributed by atoms with E-state index in [9.17, 15) is 13.2 Å².